The number of hydrogen-bond acceptors (Lipinski definition) is 2. The number of ether oxygens (including phenoxy) is 1. The van der Waals surface area contributed by atoms with Crippen LogP contribution in [0.25, 0.3) is 0 Å². The van der Waals surface area contributed by atoms with E-state index in [2.05, 4.69) is 20.4 Å². The Morgan fingerprint density at radius 1 is 0.870 bits per heavy atom. The Hall–Kier alpha value is -0.790. The maximum Gasteiger partial charge on any atom is 0.333 e. The van der Waals surface area contributed by atoms with Crippen LogP contribution in [0.5, 0.6) is 0 Å². The van der Waals surface area contributed by atoms with E-state index in [1.54, 1.807) is 6.92 Å². The maximum atomic E-state index is 11.3. The fourth-order valence-electron chi connectivity index (χ4n) is 2.76. The average molecular weight is 325 g/mol. The molecule has 0 aliphatic rings. The molecule has 2 heteroatoms. The summed E-state index contributed by atoms with van der Waals surface area (Å²) in [6.07, 6.45) is 17.7. The first-order chi connectivity index (χ1) is 11.1. The quantitative estimate of drug-likeness (QED) is 0.177. The SMILES string of the molecule is C=C(C)C(=O)OCC(C)CCCCCCCCCCCCCC. The molecule has 23 heavy (non-hydrogen) atoms. The van der Waals surface area contributed by atoms with Gasteiger partial charge in [-0.2, -0.15) is 0 Å². The third-order valence-electron chi connectivity index (χ3n) is 4.40. The van der Waals surface area contributed by atoms with Gasteiger partial charge < -0.3 is 4.74 Å². The number of hydrogen-bond donors (Lipinski definition) is 0. The van der Waals surface area contributed by atoms with Crippen molar-refractivity contribution in [3.05, 3.63) is 12.2 Å². The van der Waals surface area contributed by atoms with Gasteiger partial charge >= 0.3 is 5.97 Å². The number of carbonyl (C=O) groups excluding carboxylic acids is 1. The predicted octanol–water partition coefficient (Wildman–Crippen LogP) is 6.83. The Morgan fingerprint density at radius 2 is 1.30 bits per heavy atom. The van der Waals surface area contributed by atoms with Gasteiger partial charge in [0, 0.05) is 5.57 Å². The molecule has 0 aromatic heterocycles. The molecule has 0 aliphatic heterocycles. The number of rotatable bonds is 16. The Balaban J connectivity index is 3.23. The molecule has 0 aliphatic carbocycles. The summed E-state index contributed by atoms with van der Waals surface area (Å²) in [7, 11) is 0. The molecule has 0 saturated carbocycles. The van der Waals surface area contributed by atoms with Crippen LogP contribution >= 0.6 is 0 Å². The molecule has 0 fully saturated rings. The summed E-state index contributed by atoms with van der Waals surface area (Å²) in [5, 5.41) is 0. The monoisotopic (exact) mass is 324 g/mol. The molecule has 0 radical (unpaired) electrons. The minimum absolute atomic E-state index is 0.258. The number of unbranched alkanes of at least 4 members (excludes halogenated alkanes) is 11. The standard InChI is InChI=1S/C21H40O2/c1-5-6-7-8-9-10-11-12-13-14-15-16-17-20(4)18-23-21(22)19(2)3/h20H,2,5-18H2,1,3-4H3. The van der Waals surface area contributed by atoms with Gasteiger partial charge in [-0.15, -0.1) is 0 Å². The van der Waals surface area contributed by atoms with Gasteiger partial charge in [0.15, 0.2) is 0 Å². The van der Waals surface area contributed by atoms with Gasteiger partial charge in [0.25, 0.3) is 0 Å². The highest BCUT2D eigenvalue weighted by molar-refractivity contribution is 5.86. The van der Waals surface area contributed by atoms with Crippen molar-refractivity contribution in [1.82, 2.24) is 0 Å². The van der Waals surface area contributed by atoms with Crippen molar-refractivity contribution in [3.8, 4) is 0 Å². The third kappa shape index (κ3) is 15.9. The molecule has 0 rings (SSSR count). The topological polar surface area (TPSA) is 26.3 Å². The lowest BCUT2D eigenvalue weighted by molar-refractivity contribution is -0.140. The van der Waals surface area contributed by atoms with Gasteiger partial charge in [-0.25, -0.2) is 4.79 Å². The van der Waals surface area contributed by atoms with Crippen LogP contribution in [0.4, 0.5) is 0 Å². The zero-order valence-corrected chi connectivity index (χ0v) is 16.0. The Kier molecular flexibility index (Phi) is 15.5. The Labute approximate surface area is 145 Å². The molecule has 0 amide bonds. The summed E-state index contributed by atoms with van der Waals surface area (Å²) in [6, 6.07) is 0. The summed E-state index contributed by atoms with van der Waals surface area (Å²) >= 11 is 0. The fraction of sp³-hybridized carbons (Fsp3) is 0.857. The van der Waals surface area contributed by atoms with E-state index in [4.69, 9.17) is 4.74 Å². The van der Waals surface area contributed by atoms with Crippen LogP contribution in [0.3, 0.4) is 0 Å². The molecule has 0 aromatic rings. The zero-order valence-electron chi connectivity index (χ0n) is 16.0. The van der Waals surface area contributed by atoms with E-state index in [1.165, 1.54) is 77.0 Å². The van der Waals surface area contributed by atoms with Crippen LogP contribution < -0.4 is 0 Å². The van der Waals surface area contributed by atoms with Gasteiger partial charge in [-0.1, -0.05) is 97.5 Å². The molecule has 0 spiro atoms. The smallest absolute Gasteiger partial charge is 0.333 e. The third-order valence-corrected chi connectivity index (χ3v) is 4.40. The van der Waals surface area contributed by atoms with Crippen molar-refractivity contribution in [2.75, 3.05) is 6.61 Å². The molecule has 0 bridgehead atoms. The molecular formula is C21H40O2. The number of carbonyl (C=O) groups is 1. The molecule has 0 N–H and O–H groups in total. The van der Waals surface area contributed by atoms with Gasteiger partial charge in [0.1, 0.15) is 0 Å². The van der Waals surface area contributed by atoms with Crippen LogP contribution in [-0.2, 0) is 9.53 Å². The molecule has 1 atom stereocenters. The van der Waals surface area contributed by atoms with E-state index in [0.717, 1.165) is 6.42 Å². The highest BCUT2D eigenvalue weighted by atomic mass is 16.5. The predicted molar refractivity (Wildman–Crippen MR) is 101 cm³/mol. The molecule has 136 valence electrons. The van der Waals surface area contributed by atoms with Crippen LogP contribution in [0.2, 0.25) is 0 Å². The summed E-state index contributed by atoms with van der Waals surface area (Å²) in [4.78, 5) is 11.3. The average Bonchev–Trinajstić information content (AvgIpc) is 2.53. The molecule has 0 aromatic carbocycles. The first-order valence-corrected chi connectivity index (χ1v) is 9.90. The molecule has 0 saturated heterocycles. The van der Waals surface area contributed by atoms with Crippen molar-refractivity contribution >= 4 is 5.97 Å². The number of esters is 1. The second-order valence-corrected chi connectivity index (χ2v) is 7.16. The van der Waals surface area contributed by atoms with E-state index in [0.29, 0.717) is 18.1 Å². The van der Waals surface area contributed by atoms with Gasteiger partial charge in [-0.3, -0.25) is 0 Å². The van der Waals surface area contributed by atoms with Gasteiger partial charge in [0.2, 0.25) is 0 Å². The van der Waals surface area contributed by atoms with Crippen LogP contribution in [-0.4, -0.2) is 12.6 Å². The minimum atomic E-state index is -0.258. The van der Waals surface area contributed by atoms with Gasteiger partial charge in [-0.05, 0) is 19.3 Å². The van der Waals surface area contributed by atoms with Crippen molar-refractivity contribution in [1.29, 1.82) is 0 Å². The molecule has 1 unspecified atom stereocenters. The molecule has 0 heterocycles. The molecular weight excluding hydrogens is 284 g/mol. The second-order valence-electron chi connectivity index (χ2n) is 7.16. The minimum Gasteiger partial charge on any atom is -0.462 e. The lowest BCUT2D eigenvalue weighted by Crippen LogP contribution is -2.12. The largest absolute Gasteiger partial charge is 0.462 e. The maximum absolute atomic E-state index is 11.3. The second kappa shape index (κ2) is 16.1. The van der Waals surface area contributed by atoms with Gasteiger partial charge in [0.05, 0.1) is 6.61 Å². The van der Waals surface area contributed by atoms with Crippen molar-refractivity contribution in [2.24, 2.45) is 5.92 Å². The lowest BCUT2D eigenvalue weighted by Gasteiger charge is -2.11. The van der Waals surface area contributed by atoms with E-state index in [9.17, 15) is 4.79 Å². The summed E-state index contributed by atoms with van der Waals surface area (Å²) < 4.78 is 5.18. The Morgan fingerprint density at radius 3 is 1.74 bits per heavy atom. The lowest BCUT2D eigenvalue weighted by atomic mass is 10.0. The Bertz CT molecular complexity index is 296. The van der Waals surface area contributed by atoms with E-state index in [1.807, 2.05) is 0 Å². The van der Waals surface area contributed by atoms with E-state index in [-0.39, 0.29) is 5.97 Å². The first-order valence-electron chi connectivity index (χ1n) is 9.90. The highest BCUT2D eigenvalue weighted by Crippen LogP contribution is 2.14. The first kappa shape index (κ1) is 22.2. The van der Waals surface area contributed by atoms with Crippen molar-refractivity contribution < 1.29 is 9.53 Å². The van der Waals surface area contributed by atoms with Crippen LogP contribution in [0.1, 0.15) is 104 Å². The normalized spacial score (nSPS) is 12.1. The van der Waals surface area contributed by atoms with Crippen molar-refractivity contribution in [3.63, 3.8) is 0 Å². The van der Waals surface area contributed by atoms with E-state index >= 15 is 0 Å². The fourth-order valence-corrected chi connectivity index (χ4v) is 2.76. The summed E-state index contributed by atoms with van der Waals surface area (Å²) in [5.74, 6) is 0.202. The van der Waals surface area contributed by atoms with Crippen LogP contribution in [0.15, 0.2) is 12.2 Å². The summed E-state index contributed by atoms with van der Waals surface area (Å²) in [5.41, 5.74) is 0.488. The van der Waals surface area contributed by atoms with E-state index < -0.39 is 0 Å². The zero-order chi connectivity index (χ0) is 17.3. The molecule has 2 nitrogen and oxygen atoms in total. The summed E-state index contributed by atoms with van der Waals surface area (Å²) in [6.45, 7) is 10.2. The highest BCUT2D eigenvalue weighted by Gasteiger charge is 2.07. The van der Waals surface area contributed by atoms with Crippen molar-refractivity contribution in [2.45, 2.75) is 104 Å². The van der Waals surface area contributed by atoms with Crippen LogP contribution in [0, 0.1) is 5.92 Å².